The number of nitrogens with zero attached hydrogens (tertiary/aromatic N) is 3. The molecule has 2 aromatic heterocycles. The van der Waals surface area contributed by atoms with Gasteiger partial charge in [0.05, 0.1) is 11.6 Å². The molecule has 0 aliphatic heterocycles. The first-order chi connectivity index (χ1) is 13.3. The summed E-state index contributed by atoms with van der Waals surface area (Å²) >= 11 is 0. The van der Waals surface area contributed by atoms with Gasteiger partial charge >= 0.3 is 0 Å². The first-order valence-corrected chi connectivity index (χ1v) is 10.3. The number of unbranched alkanes of at least 4 members (excludes halogenated alkanes) is 3. The summed E-state index contributed by atoms with van der Waals surface area (Å²) in [6.07, 6.45) is 13.3. The van der Waals surface area contributed by atoms with Gasteiger partial charge in [0.25, 0.3) is 0 Å². The second kappa shape index (κ2) is 8.47. The van der Waals surface area contributed by atoms with Crippen LogP contribution in [-0.2, 0) is 12.8 Å². The topological polar surface area (TPSA) is 50.7 Å². The fourth-order valence-corrected chi connectivity index (χ4v) is 4.05. The van der Waals surface area contributed by atoms with E-state index < -0.39 is 0 Å². The zero-order valence-corrected chi connectivity index (χ0v) is 16.1. The molecule has 0 saturated heterocycles. The lowest BCUT2D eigenvalue weighted by atomic mass is 9.88. The van der Waals surface area contributed by atoms with Crippen molar-refractivity contribution in [1.29, 1.82) is 0 Å². The van der Waals surface area contributed by atoms with Gasteiger partial charge in [-0.15, -0.1) is 0 Å². The first-order valence-electron chi connectivity index (χ1n) is 10.3. The fourth-order valence-electron chi connectivity index (χ4n) is 4.05. The Bertz CT molecular complexity index is 906. The molecule has 1 N–H and O–H groups in total. The SMILES string of the molecule is CCCCCCc1cnc2c(NC3CCCc4ccccc43)ncnc2c1. The smallest absolute Gasteiger partial charge is 0.156 e. The number of benzene rings is 1. The summed E-state index contributed by atoms with van der Waals surface area (Å²) in [4.78, 5) is 13.7. The average molecular weight is 361 g/mol. The molecule has 4 rings (SSSR count). The van der Waals surface area contributed by atoms with Gasteiger partial charge in [-0.25, -0.2) is 9.97 Å². The van der Waals surface area contributed by atoms with Crippen LogP contribution in [0.5, 0.6) is 0 Å². The van der Waals surface area contributed by atoms with Crippen molar-refractivity contribution in [2.75, 3.05) is 5.32 Å². The number of pyridine rings is 1. The molecule has 0 bridgehead atoms. The molecule has 1 aliphatic rings. The van der Waals surface area contributed by atoms with Crippen LogP contribution < -0.4 is 5.32 Å². The Labute approximate surface area is 161 Å². The Morgan fingerprint density at radius 3 is 2.93 bits per heavy atom. The number of hydrogen-bond acceptors (Lipinski definition) is 4. The third kappa shape index (κ3) is 4.10. The highest BCUT2D eigenvalue weighted by atomic mass is 15.1. The maximum absolute atomic E-state index is 4.71. The van der Waals surface area contributed by atoms with Gasteiger partial charge in [-0.1, -0.05) is 50.5 Å². The van der Waals surface area contributed by atoms with Crippen LogP contribution in [0.15, 0.2) is 42.9 Å². The third-order valence-corrected chi connectivity index (χ3v) is 5.53. The normalized spacial score (nSPS) is 16.3. The third-order valence-electron chi connectivity index (χ3n) is 5.53. The fraction of sp³-hybridized carbons (Fsp3) is 0.435. The quantitative estimate of drug-likeness (QED) is 0.554. The van der Waals surface area contributed by atoms with Gasteiger partial charge in [0.1, 0.15) is 11.8 Å². The number of hydrogen-bond donors (Lipinski definition) is 1. The Balaban J connectivity index is 1.54. The number of rotatable bonds is 7. The van der Waals surface area contributed by atoms with E-state index in [2.05, 4.69) is 52.5 Å². The van der Waals surface area contributed by atoms with Crippen LogP contribution in [0.3, 0.4) is 0 Å². The van der Waals surface area contributed by atoms with Crippen LogP contribution in [0.4, 0.5) is 5.82 Å². The van der Waals surface area contributed by atoms with E-state index in [0.717, 1.165) is 29.7 Å². The Hall–Kier alpha value is -2.49. The molecule has 0 radical (unpaired) electrons. The molecule has 1 unspecified atom stereocenters. The molecule has 1 aromatic carbocycles. The van der Waals surface area contributed by atoms with E-state index in [0.29, 0.717) is 6.04 Å². The monoisotopic (exact) mass is 360 g/mol. The van der Waals surface area contributed by atoms with E-state index >= 15 is 0 Å². The molecule has 0 amide bonds. The maximum atomic E-state index is 4.71. The van der Waals surface area contributed by atoms with Crippen LogP contribution in [0, 0.1) is 0 Å². The molecule has 1 atom stereocenters. The van der Waals surface area contributed by atoms with Crippen molar-refractivity contribution in [3.63, 3.8) is 0 Å². The molecular weight excluding hydrogens is 332 g/mol. The predicted octanol–water partition coefficient (Wildman–Crippen LogP) is 5.64. The standard InChI is InChI=1S/C23H28N4/c1-2-3-4-5-9-17-14-21-22(24-15-17)23(26-16-25-21)27-20-13-8-11-18-10-6-7-12-19(18)20/h6-7,10,12,14-16,20H,2-5,8-9,11,13H2,1H3,(H,25,26,27). The molecule has 2 heterocycles. The summed E-state index contributed by atoms with van der Waals surface area (Å²) in [5, 5.41) is 3.65. The number of aromatic nitrogens is 3. The summed E-state index contributed by atoms with van der Waals surface area (Å²) in [7, 11) is 0. The summed E-state index contributed by atoms with van der Waals surface area (Å²) in [5.41, 5.74) is 5.92. The summed E-state index contributed by atoms with van der Waals surface area (Å²) in [6.45, 7) is 2.24. The Morgan fingerprint density at radius 2 is 2.00 bits per heavy atom. The average Bonchev–Trinajstić information content (AvgIpc) is 2.71. The summed E-state index contributed by atoms with van der Waals surface area (Å²) in [5.74, 6) is 0.847. The molecule has 4 heteroatoms. The van der Waals surface area contributed by atoms with Crippen molar-refractivity contribution in [2.24, 2.45) is 0 Å². The van der Waals surface area contributed by atoms with E-state index in [1.54, 1.807) is 6.33 Å². The molecule has 0 spiro atoms. The van der Waals surface area contributed by atoms with Crippen LogP contribution in [0.25, 0.3) is 11.0 Å². The molecule has 1 aliphatic carbocycles. The lowest BCUT2D eigenvalue weighted by Gasteiger charge is -2.27. The molecule has 3 aromatic rings. The second-order valence-corrected chi connectivity index (χ2v) is 7.53. The minimum absolute atomic E-state index is 0.295. The van der Waals surface area contributed by atoms with E-state index in [-0.39, 0.29) is 0 Å². The number of nitrogens with one attached hydrogen (secondary N) is 1. The lowest BCUT2D eigenvalue weighted by molar-refractivity contribution is 0.599. The Morgan fingerprint density at radius 1 is 1.07 bits per heavy atom. The van der Waals surface area contributed by atoms with Crippen molar-refractivity contribution >= 4 is 16.9 Å². The van der Waals surface area contributed by atoms with Crippen molar-refractivity contribution in [2.45, 2.75) is 64.3 Å². The zero-order chi connectivity index (χ0) is 18.5. The minimum atomic E-state index is 0.295. The van der Waals surface area contributed by atoms with Gasteiger partial charge in [0.2, 0.25) is 0 Å². The van der Waals surface area contributed by atoms with Gasteiger partial charge in [0.15, 0.2) is 5.82 Å². The minimum Gasteiger partial charge on any atom is -0.361 e. The van der Waals surface area contributed by atoms with Crippen LogP contribution in [0.2, 0.25) is 0 Å². The molecule has 0 fully saturated rings. The molecule has 0 saturated carbocycles. The highest BCUT2D eigenvalue weighted by Gasteiger charge is 2.21. The number of aryl methyl sites for hydroxylation is 2. The highest BCUT2D eigenvalue weighted by molar-refractivity contribution is 5.85. The summed E-state index contributed by atoms with van der Waals surface area (Å²) in [6, 6.07) is 11.2. The predicted molar refractivity (Wildman–Crippen MR) is 111 cm³/mol. The lowest BCUT2D eigenvalue weighted by Crippen LogP contribution is -2.18. The van der Waals surface area contributed by atoms with Gasteiger partial charge < -0.3 is 5.32 Å². The van der Waals surface area contributed by atoms with E-state index in [9.17, 15) is 0 Å². The van der Waals surface area contributed by atoms with Crippen molar-refractivity contribution < 1.29 is 0 Å². The van der Waals surface area contributed by atoms with Crippen LogP contribution >= 0.6 is 0 Å². The van der Waals surface area contributed by atoms with Crippen molar-refractivity contribution in [3.05, 3.63) is 59.5 Å². The zero-order valence-electron chi connectivity index (χ0n) is 16.1. The molecule has 4 nitrogen and oxygen atoms in total. The van der Waals surface area contributed by atoms with Crippen LogP contribution in [0.1, 0.15) is 68.2 Å². The Kier molecular flexibility index (Phi) is 5.61. The van der Waals surface area contributed by atoms with Crippen molar-refractivity contribution in [3.8, 4) is 0 Å². The van der Waals surface area contributed by atoms with Gasteiger partial charge in [-0.2, -0.15) is 0 Å². The highest BCUT2D eigenvalue weighted by Crippen LogP contribution is 2.33. The molecule has 27 heavy (non-hydrogen) atoms. The van der Waals surface area contributed by atoms with E-state index in [1.807, 2.05) is 6.20 Å². The summed E-state index contributed by atoms with van der Waals surface area (Å²) < 4.78 is 0. The van der Waals surface area contributed by atoms with Gasteiger partial charge in [-0.3, -0.25) is 4.98 Å². The maximum Gasteiger partial charge on any atom is 0.156 e. The van der Waals surface area contributed by atoms with Gasteiger partial charge in [0, 0.05) is 6.20 Å². The first kappa shape index (κ1) is 17.9. The van der Waals surface area contributed by atoms with E-state index in [4.69, 9.17) is 4.98 Å². The van der Waals surface area contributed by atoms with Crippen LogP contribution in [-0.4, -0.2) is 15.0 Å². The number of anilines is 1. The molecular formula is C23H28N4. The second-order valence-electron chi connectivity index (χ2n) is 7.53. The molecule has 140 valence electrons. The largest absolute Gasteiger partial charge is 0.361 e. The van der Waals surface area contributed by atoms with Gasteiger partial charge in [-0.05, 0) is 54.9 Å². The van der Waals surface area contributed by atoms with Crippen molar-refractivity contribution in [1.82, 2.24) is 15.0 Å². The van der Waals surface area contributed by atoms with E-state index in [1.165, 1.54) is 55.2 Å². The number of fused-ring (bicyclic) bond motifs is 2.